The van der Waals surface area contributed by atoms with Gasteiger partial charge in [-0.25, -0.2) is 4.98 Å². The zero-order chi connectivity index (χ0) is 15.5. The van der Waals surface area contributed by atoms with E-state index in [2.05, 4.69) is 9.97 Å². The number of hydrogen-bond acceptors (Lipinski definition) is 7. The first-order valence-electron chi connectivity index (χ1n) is 5.36. The van der Waals surface area contributed by atoms with Crippen molar-refractivity contribution < 1.29 is 23.2 Å². The molecule has 20 heavy (non-hydrogen) atoms. The minimum atomic E-state index is -4.61. The lowest BCUT2D eigenvalue weighted by Crippen LogP contribution is -2.37. The monoisotopic (exact) mass is 295 g/mol. The molecule has 0 saturated carbocycles. The minimum Gasteiger partial charge on any atom is -0.395 e. The van der Waals surface area contributed by atoms with Crippen molar-refractivity contribution in [1.82, 2.24) is 9.97 Å². The van der Waals surface area contributed by atoms with Gasteiger partial charge in [0.05, 0.1) is 11.5 Å². The predicted octanol–water partition coefficient (Wildman–Crippen LogP) is 0.636. The largest absolute Gasteiger partial charge is 0.405 e. The Morgan fingerprint density at radius 2 is 2.05 bits per heavy atom. The molecular weight excluding hydrogens is 283 g/mol. The Morgan fingerprint density at radius 3 is 2.50 bits per heavy atom. The standard InChI is InChI=1S/C9H12F3N5O3/c1-5-6(17(19)20)7(15-8(13)14-5)16(2-3-18)4-9(10,11)12/h18H,2-4H2,1H3,(H2,13,14,15). The van der Waals surface area contributed by atoms with E-state index >= 15 is 0 Å². The Kier molecular flexibility index (Phi) is 4.65. The van der Waals surface area contributed by atoms with Crippen LogP contribution in [0.25, 0.3) is 0 Å². The third-order valence-electron chi connectivity index (χ3n) is 2.28. The Labute approximate surface area is 111 Å². The van der Waals surface area contributed by atoms with Gasteiger partial charge < -0.3 is 15.7 Å². The fraction of sp³-hybridized carbons (Fsp3) is 0.556. The first kappa shape index (κ1) is 15.9. The molecule has 1 aromatic rings. The summed E-state index contributed by atoms with van der Waals surface area (Å²) in [5, 5.41) is 19.8. The number of alkyl halides is 3. The molecule has 0 fully saturated rings. The lowest BCUT2D eigenvalue weighted by atomic mass is 10.3. The second-order valence-electron chi connectivity index (χ2n) is 3.86. The van der Waals surface area contributed by atoms with Crippen molar-refractivity contribution in [3.05, 3.63) is 15.8 Å². The summed E-state index contributed by atoms with van der Waals surface area (Å²) in [6.45, 7) is -1.36. The Morgan fingerprint density at radius 1 is 1.45 bits per heavy atom. The van der Waals surface area contributed by atoms with Crippen LogP contribution in [-0.2, 0) is 0 Å². The zero-order valence-corrected chi connectivity index (χ0v) is 10.4. The molecule has 112 valence electrons. The van der Waals surface area contributed by atoms with Crippen LogP contribution in [0.15, 0.2) is 0 Å². The van der Waals surface area contributed by atoms with Gasteiger partial charge in [-0.2, -0.15) is 18.2 Å². The van der Waals surface area contributed by atoms with Crippen molar-refractivity contribution in [1.29, 1.82) is 0 Å². The SMILES string of the molecule is Cc1nc(N)nc(N(CCO)CC(F)(F)F)c1[N+](=O)[O-]. The number of nitrogens with zero attached hydrogens (tertiary/aromatic N) is 4. The molecule has 0 aromatic carbocycles. The highest BCUT2D eigenvalue weighted by Crippen LogP contribution is 2.31. The summed E-state index contributed by atoms with van der Waals surface area (Å²) >= 11 is 0. The predicted molar refractivity (Wildman–Crippen MR) is 63.2 cm³/mol. The van der Waals surface area contributed by atoms with Gasteiger partial charge in [-0.3, -0.25) is 10.1 Å². The number of halogens is 3. The average molecular weight is 295 g/mol. The van der Waals surface area contributed by atoms with Crippen molar-refractivity contribution in [2.75, 3.05) is 30.3 Å². The normalized spacial score (nSPS) is 11.4. The van der Waals surface area contributed by atoms with E-state index in [0.29, 0.717) is 4.90 Å². The van der Waals surface area contributed by atoms with Crippen LogP contribution in [0.2, 0.25) is 0 Å². The lowest BCUT2D eigenvalue weighted by molar-refractivity contribution is -0.385. The van der Waals surface area contributed by atoms with Crippen LogP contribution in [0, 0.1) is 17.0 Å². The smallest absolute Gasteiger partial charge is 0.395 e. The van der Waals surface area contributed by atoms with Crippen molar-refractivity contribution in [3.8, 4) is 0 Å². The third kappa shape index (κ3) is 3.91. The van der Waals surface area contributed by atoms with Crippen molar-refractivity contribution in [2.45, 2.75) is 13.1 Å². The van der Waals surface area contributed by atoms with Gasteiger partial charge in [-0.15, -0.1) is 0 Å². The van der Waals surface area contributed by atoms with E-state index in [1.54, 1.807) is 0 Å². The van der Waals surface area contributed by atoms with Crippen LogP contribution >= 0.6 is 0 Å². The maximum atomic E-state index is 12.5. The van der Waals surface area contributed by atoms with Gasteiger partial charge in [0.2, 0.25) is 11.8 Å². The fourth-order valence-corrected chi connectivity index (χ4v) is 1.60. The number of nitrogens with two attached hydrogens (primary N) is 1. The summed E-state index contributed by atoms with van der Waals surface area (Å²) in [5.74, 6) is -0.945. The van der Waals surface area contributed by atoms with Crippen LogP contribution in [0.3, 0.4) is 0 Å². The molecule has 1 heterocycles. The summed E-state index contributed by atoms with van der Waals surface area (Å²) in [5.41, 5.74) is 4.49. The van der Waals surface area contributed by atoms with Gasteiger partial charge in [0.25, 0.3) is 0 Å². The Bertz CT molecular complexity index is 508. The second kappa shape index (κ2) is 5.86. The summed E-state index contributed by atoms with van der Waals surface area (Å²) in [4.78, 5) is 17.7. The molecule has 0 saturated heterocycles. The van der Waals surface area contributed by atoms with Gasteiger partial charge in [0.15, 0.2) is 0 Å². The summed E-state index contributed by atoms with van der Waals surface area (Å²) in [6.07, 6.45) is -4.61. The maximum Gasteiger partial charge on any atom is 0.405 e. The fourth-order valence-electron chi connectivity index (χ4n) is 1.60. The molecule has 0 aliphatic heterocycles. The van der Waals surface area contributed by atoms with E-state index in [9.17, 15) is 23.3 Å². The number of anilines is 2. The molecule has 8 nitrogen and oxygen atoms in total. The van der Waals surface area contributed by atoms with Gasteiger partial charge in [-0.05, 0) is 6.92 Å². The number of hydrogen-bond donors (Lipinski definition) is 2. The van der Waals surface area contributed by atoms with E-state index in [-0.39, 0.29) is 11.6 Å². The molecule has 1 rings (SSSR count). The van der Waals surface area contributed by atoms with Gasteiger partial charge >= 0.3 is 11.9 Å². The minimum absolute atomic E-state index is 0.150. The molecule has 0 amide bonds. The molecule has 0 aliphatic rings. The highest BCUT2D eigenvalue weighted by molar-refractivity contribution is 5.62. The number of aliphatic hydroxyl groups excluding tert-OH is 1. The van der Waals surface area contributed by atoms with Crippen LogP contribution in [-0.4, -0.2) is 45.9 Å². The summed E-state index contributed by atoms with van der Waals surface area (Å²) in [6, 6.07) is 0. The average Bonchev–Trinajstić information content (AvgIpc) is 2.24. The van der Waals surface area contributed by atoms with Crippen LogP contribution < -0.4 is 10.6 Å². The topological polar surface area (TPSA) is 118 Å². The zero-order valence-electron chi connectivity index (χ0n) is 10.4. The quantitative estimate of drug-likeness (QED) is 0.604. The summed E-state index contributed by atoms with van der Waals surface area (Å²) < 4.78 is 37.4. The molecule has 1 aromatic heterocycles. The van der Waals surface area contributed by atoms with E-state index in [4.69, 9.17) is 10.8 Å². The lowest BCUT2D eigenvalue weighted by Gasteiger charge is -2.24. The van der Waals surface area contributed by atoms with Crippen molar-refractivity contribution >= 4 is 17.5 Å². The molecule has 0 radical (unpaired) electrons. The van der Waals surface area contributed by atoms with Crippen molar-refractivity contribution in [2.24, 2.45) is 0 Å². The first-order valence-corrected chi connectivity index (χ1v) is 5.36. The second-order valence-corrected chi connectivity index (χ2v) is 3.86. The van der Waals surface area contributed by atoms with E-state index in [1.807, 2.05) is 0 Å². The molecule has 0 unspecified atom stereocenters. The van der Waals surface area contributed by atoms with Crippen LogP contribution in [0.1, 0.15) is 5.69 Å². The molecule has 0 atom stereocenters. The number of rotatable bonds is 5. The van der Waals surface area contributed by atoms with Crippen LogP contribution in [0.4, 0.5) is 30.6 Å². The molecule has 3 N–H and O–H groups in total. The highest BCUT2D eigenvalue weighted by Gasteiger charge is 2.35. The molecule has 11 heteroatoms. The Balaban J connectivity index is 3.34. The molecule has 0 spiro atoms. The van der Waals surface area contributed by atoms with E-state index in [1.165, 1.54) is 6.92 Å². The first-order chi connectivity index (χ1) is 9.15. The highest BCUT2D eigenvalue weighted by atomic mass is 19.4. The maximum absolute atomic E-state index is 12.5. The summed E-state index contributed by atoms with van der Waals surface area (Å²) in [7, 11) is 0. The molecular formula is C9H12F3N5O3. The molecule has 0 aliphatic carbocycles. The number of aryl methyl sites for hydroxylation is 1. The van der Waals surface area contributed by atoms with E-state index in [0.717, 1.165) is 0 Å². The number of aromatic nitrogens is 2. The van der Waals surface area contributed by atoms with Gasteiger partial charge in [0, 0.05) is 6.54 Å². The third-order valence-corrected chi connectivity index (χ3v) is 2.28. The number of nitro groups is 1. The van der Waals surface area contributed by atoms with E-state index < -0.39 is 42.3 Å². The number of nitrogen functional groups attached to an aromatic ring is 1. The van der Waals surface area contributed by atoms with Crippen LogP contribution in [0.5, 0.6) is 0 Å². The van der Waals surface area contributed by atoms with Gasteiger partial charge in [-0.1, -0.05) is 0 Å². The van der Waals surface area contributed by atoms with Gasteiger partial charge in [0.1, 0.15) is 12.2 Å². The Hall–Kier alpha value is -2.17. The molecule has 0 bridgehead atoms. The van der Waals surface area contributed by atoms with Crippen molar-refractivity contribution in [3.63, 3.8) is 0 Å². The number of aliphatic hydroxyl groups is 1.